The Morgan fingerprint density at radius 2 is 1.60 bits per heavy atom. The molecule has 0 fully saturated rings. The number of rotatable bonds is 8. The monoisotopic (exact) mass is 620 g/mol. The number of carbonyl (C=O) groups excluding carboxylic acids is 1. The molecule has 0 radical (unpaired) electrons. The van der Waals surface area contributed by atoms with E-state index in [2.05, 4.69) is 25.5 Å². The molecule has 0 unspecified atom stereocenters. The molecule has 0 aliphatic carbocycles. The van der Waals surface area contributed by atoms with Crippen LogP contribution in [0.4, 0.5) is 26.3 Å². The predicted octanol–water partition coefficient (Wildman–Crippen LogP) is 7.05. The lowest BCUT2D eigenvalue weighted by molar-refractivity contribution is -0.138. The topological polar surface area (TPSA) is 85.6 Å². The third kappa shape index (κ3) is 6.79. The molecule has 0 aliphatic rings. The summed E-state index contributed by atoms with van der Waals surface area (Å²) in [6.07, 6.45) is -5.98. The van der Waals surface area contributed by atoms with Crippen molar-refractivity contribution in [3.05, 3.63) is 106 Å². The SMILES string of the molecule is O=C(NCc1cccc(C(F)(F)F)c1)c1csc(CSc2nnc(-c3ccncc3)n2-c2cccc(C(F)(F)F)c2)n1. The van der Waals surface area contributed by atoms with Crippen LogP contribution in [0, 0.1) is 0 Å². The third-order valence-electron chi connectivity index (χ3n) is 5.82. The summed E-state index contributed by atoms with van der Waals surface area (Å²) in [5.74, 6) is -0.0287. The molecule has 0 saturated heterocycles. The van der Waals surface area contributed by atoms with Crippen LogP contribution in [0.25, 0.3) is 17.1 Å². The Morgan fingerprint density at radius 1 is 0.905 bits per heavy atom. The van der Waals surface area contributed by atoms with Crippen molar-refractivity contribution in [2.45, 2.75) is 29.8 Å². The van der Waals surface area contributed by atoms with Crippen molar-refractivity contribution in [2.75, 3.05) is 0 Å². The number of carbonyl (C=O) groups is 1. The fourth-order valence-electron chi connectivity index (χ4n) is 3.84. The smallest absolute Gasteiger partial charge is 0.347 e. The Hall–Kier alpha value is -4.24. The molecule has 0 saturated carbocycles. The number of alkyl halides is 6. The molecule has 216 valence electrons. The normalized spacial score (nSPS) is 12.0. The van der Waals surface area contributed by atoms with Gasteiger partial charge in [-0.1, -0.05) is 30.0 Å². The first kappa shape index (κ1) is 29.3. The zero-order chi connectivity index (χ0) is 29.9. The molecule has 0 spiro atoms. The Morgan fingerprint density at radius 3 is 2.31 bits per heavy atom. The van der Waals surface area contributed by atoms with Crippen LogP contribution in [0.2, 0.25) is 0 Å². The van der Waals surface area contributed by atoms with Crippen molar-refractivity contribution in [2.24, 2.45) is 0 Å². The standard InChI is InChI=1S/C27H18F6N6OS2/c28-26(29,30)18-4-1-3-16(11-18)13-35-24(40)21-14-41-22(36-21)15-42-25-38-37-23(17-7-9-34-10-8-17)39(25)20-6-2-5-19(12-20)27(31,32)33/h1-12,14H,13,15H2,(H,35,40). The van der Waals surface area contributed by atoms with Gasteiger partial charge in [-0.05, 0) is 48.0 Å². The summed E-state index contributed by atoms with van der Waals surface area (Å²) in [6.45, 7) is -0.123. The second-order valence-corrected chi connectivity index (χ2v) is 10.6. The lowest BCUT2D eigenvalue weighted by atomic mass is 10.1. The van der Waals surface area contributed by atoms with Crippen LogP contribution >= 0.6 is 23.1 Å². The highest BCUT2D eigenvalue weighted by molar-refractivity contribution is 7.98. The van der Waals surface area contributed by atoms with Crippen LogP contribution in [0.15, 0.2) is 83.6 Å². The molecule has 0 aliphatic heterocycles. The Balaban J connectivity index is 1.32. The van der Waals surface area contributed by atoms with E-state index >= 15 is 0 Å². The van der Waals surface area contributed by atoms with Gasteiger partial charge in [0.1, 0.15) is 10.7 Å². The van der Waals surface area contributed by atoms with Gasteiger partial charge in [0, 0.05) is 29.9 Å². The minimum absolute atomic E-state index is 0.0828. The van der Waals surface area contributed by atoms with Gasteiger partial charge in [0.05, 0.1) is 22.6 Å². The van der Waals surface area contributed by atoms with Crippen LogP contribution in [0.5, 0.6) is 0 Å². The van der Waals surface area contributed by atoms with Crippen LogP contribution < -0.4 is 5.32 Å². The molecule has 42 heavy (non-hydrogen) atoms. The number of pyridine rings is 1. The Labute approximate surface area is 242 Å². The minimum Gasteiger partial charge on any atom is -0.347 e. The van der Waals surface area contributed by atoms with Crippen molar-refractivity contribution in [1.29, 1.82) is 0 Å². The quantitative estimate of drug-likeness (QED) is 0.148. The van der Waals surface area contributed by atoms with Gasteiger partial charge in [0.25, 0.3) is 5.91 Å². The molecule has 7 nitrogen and oxygen atoms in total. The highest BCUT2D eigenvalue weighted by Gasteiger charge is 2.31. The van der Waals surface area contributed by atoms with E-state index in [9.17, 15) is 31.1 Å². The van der Waals surface area contributed by atoms with Gasteiger partial charge < -0.3 is 5.32 Å². The number of hydrogen-bond donors (Lipinski definition) is 1. The average Bonchev–Trinajstić information content (AvgIpc) is 3.62. The fourth-order valence-corrected chi connectivity index (χ4v) is 5.59. The zero-order valence-corrected chi connectivity index (χ0v) is 22.8. The lowest BCUT2D eigenvalue weighted by Crippen LogP contribution is -2.23. The minimum atomic E-state index is -4.55. The number of aromatic nitrogens is 5. The van der Waals surface area contributed by atoms with Gasteiger partial charge in [-0.25, -0.2) is 4.98 Å². The first-order valence-electron chi connectivity index (χ1n) is 12.0. The van der Waals surface area contributed by atoms with Crippen LogP contribution in [0.1, 0.15) is 32.2 Å². The number of hydrogen-bond acceptors (Lipinski definition) is 7. The first-order valence-corrected chi connectivity index (χ1v) is 13.9. The summed E-state index contributed by atoms with van der Waals surface area (Å²) in [7, 11) is 0. The summed E-state index contributed by atoms with van der Waals surface area (Å²) >= 11 is 2.34. The molecule has 1 N–H and O–H groups in total. The molecule has 5 rings (SSSR count). The Bertz CT molecular complexity index is 1700. The highest BCUT2D eigenvalue weighted by Crippen LogP contribution is 2.34. The van der Waals surface area contributed by atoms with Crippen LogP contribution in [0.3, 0.4) is 0 Å². The number of benzene rings is 2. The number of thioether (sulfide) groups is 1. The number of thiazole rings is 1. The summed E-state index contributed by atoms with van der Waals surface area (Å²) < 4.78 is 80.7. The third-order valence-corrected chi connectivity index (χ3v) is 7.79. The summed E-state index contributed by atoms with van der Waals surface area (Å²) in [5, 5.41) is 13.3. The van der Waals surface area contributed by atoms with E-state index in [0.717, 1.165) is 24.3 Å². The van der Waals surface area contributed by atoms with Gasteiger partial charge in [-0.2, -0.15) is 26.3 Å². The Kier molecular flexibility index (Phi) is 8.31. The second kappa shape index (κ2) is 11.9. The molecule has 1 amide bonds. The molecular formula is C27H18F6N6OS2. The maximum atomic E-state index is 13.4. The fraction of sp³-hybridized carbons (Fsp3) is 0.148. The van der Waals surface area contributed by atoms with Gasteiger partial charge in [-0.15, -0.1) is 21.5 Å². The van der Waals surface area contributed by atoms with Crippen molar-refractivity contribution in [3.63, 3.8) is 0 Å². The van der Waals surface area contributed by atoms with Crippen molar-refractivity contribution in [1.82, 2.24) is 30.0 Å². The van der Waals surface area contributed by atoms with E-state index in [1.165, 1.54) is 69.7 Å². The summed E-state index contributed by atoms with van der Waals surface area (Å²) in [4.78, 5) is 20.8. The second-order valence-electron chi connectivity index (χ2n) is 8.72. The largest absolute Gasteiger partial charge is 0.416 e. The maximum Gasteiger partial charge on any atom is 0.416 e. The van der Waals surface area contributed by atoms with E-state index in [0.29, 0.717) is 21.6 Å². The highest BCUT2D eigenvalue weighted by atomic mass is 32.2. The first-order chi connectivity index (χ1) is 20.0. The number of halogens is 6. The predicted molar refractivity (Wildman–Crippen MR) is 144 cm³/mol. The number of nitrogens with zero attached hydrogens (tertiary/aromatic N) is 5. The molecule has 2 aromatic carbocycles. The maximum absolute atomic E-state index is 13.4. The van der Waals surface area contributed by atoms with Gasteiger partial charge in [0.2, 0.25) is 0 Å². The van der Waals surface area contributed by atoms with Gasteiger partial charge in [-0.3, -0.25) is 14.3 Å². The van der Waals surface area contributed by atoms with Crippen LogP contribution in [-0.4, -0.2) is 30.6 Å². The lowest BCUT2D eigenvalue weighted by Gasteiger charge is -2.13. The van der Waals surface area contributed by atoms with Crippen LogP contribution in [-0.2, 0) is 24.7 Å². The van der Waals surface area contributed by atoms with E-state index < -0.39 is 29.4 Å². The van der Waals surface area contributed by atoms with Gasteiger partial charge >= 0.3 is 12.4 Å². The van der Waals surface area contributed by atoms with Crippen molar-refractivity contribution in [3.8, 4) is 17.1 Å². The molecule has 15 heteroatoms. The van der Waals surface area contributed by atoms with Crippen molar-refractivity contribution < 1.29 is 31.1 Å². The summed E-state index contributed by atoms with van der Waals surface area (Å²) in [5.41, 5.74) is -0.477. The molecular weight excluding hydrogens is 602 g/mol. The number of nitrogens with one attached hydrogen (secondary N) is 1. The molecule has 3 aromatic heterocycles. The molecule has 5 aromatic rings. The van der Waals surface area contributed by atoms with Gasteiger partial charge in [0.15, 0.2) is 11.0 Å². The van der Waals surface area contributed by atoms with E-state index in [1.54, 1.807) is 12.1 Å². The molecule has 0 atom stereocenters. The van der Waals surface area contributed by atoms with E-state index in [4.69, 9.17) is 0 Å². The summed E-state index contributed by atoms with van der Waals surface area (Å²) in [6, 6.07) is 12.8. The number of amides is 1. The van der Waals surface area contributed by atoms with Crippen molar-refractivity contribution >= 4 is 29.0 Å². The average molecular weight is 621 g/mol. The van der Waals surface area contributed by atoms with E-state index in [-0.39, 0.29) is 29.2 Å². The molecule has 3 heterocycles. The zero-order valence-electron chi connectivity index (χ0n) is 21.1. The van der Waals surface area contributed by atoms with E-state index in [1.807, 2.05) is 0 Å². The molecule has 0 bridgehead atoms.